The minimum Gasteiger partial charge on any atom is -0.307 e. The molecule has 2 atom stereocenters. The molecule has 0 aromatic carbocycles. The van der Waals surface area contributed by atoms with Crippen LogP contribution in [0.1, 0.15) is 48.3 Å². The van der Waals surface area contributed by atoms with E-state index in [-0.39, 0.29) is 0 Å². The predicted molar refractivity (Wildman–Crippen MR) is 78.3 cm³/mol. The average molecular weight is 267 g/mol. The second-order valence-electron chi connectivity index (χ2n) is 5.55. The highest BCUT2D eigenvalue weighted by molar-refractivity contribution is 7.11. The van der Waals surface area contributed by atoms with Crippen LogP contribution in [0.3, 0.4) is 0 Å². The molecule has 1 heterocycles. The number of nitrogens with zero attached hydrogens (tertiary/aromatic N) is 2. The molecular formula is C14H25N3S. The molecule has 0 amide bonds. The van der Waals surface area contributed by atoms with E-state index in [0.717, 1.165) is 12.6 Å². The lowest BCUT2D eigenvalue weighted by Gasteiger charge is -2.26. The number of thiazole rings is 1. The summed E-state index contributed by atoms with van der Waals surface area (Å²) in [7, 11) is 2.24. The molecule has 1 saturated carbocycles. The van der Waals surface area contributed by atoms with Gasteiger partial charge < -0.3 is 5.32 Å². The SMILES string of the molecule is Cc1nc(C(C)NCC(C)N(C)C2CC2)c(C)s1. The van der Waals surface area contributed by atoms with E-state index in [1.165, 1.54) is 28.4 Å². The van der Waals surface area contributed by atoms with Gasteiger partial charge in [-0.3, -0.25) is 4.90 Å². The number of hydrogen-bond acceptors (Lipinski definition) is 4. The lowest BCUT2D eigenvalue weighted by molar-refractivity contribution is 0.236. The van der Waals surface area contributed by atoms with Crippen LogP contribution < -0.4 is 5.32 Å². The smallest absolute Gasteiger partial charge is 0.0900 e. The van der Waals surface area contributed by atoms with Crippen LogP contribution >= 0.6 is 11.3 Å². The molecule has 0 spiro atoms. The molecule has 0 bridgehead atoms. The number of aryl methyl sites for hydroxylation is 2. The summed E-state index contributed by atoms with van der Waals surface area (Å²) in [6.07, 6.45) is 2.75. The van der Waals surface area contributed by atoms with Gasteiger partial charge in [0.2, 0.25) is 0 Å². The Labute approximate surface area is 115 Å². The maximum Gasteiger partial charge on any atom is 0.0900 e. The molecule has 0 aliphatic heterocycles. The Balaban J connectivity index is 1.83. The van der Waals surface area contributed by atoms with Crippen molar-refractivity contribution in [2.24, 2.45) is 0 Å². The van der Waals surface area contributed by atoms with Gasteiger partial charge in [0.05, 0.1) is 10.7 Å². The highest BCUT2D eigenvalue weighted by atomic mass is 32.1. The van der Waals surface area contributed by atoms with E-state index >= 15 is 0 Å². The van der Waals surface area contributed by atoms with E-state index in [2.05, 4.69) is 49.9 Å². The molecule has 18 heavy (non-hydrogen) atoms. The largest absolute Gasteiger partial charge is 0.307 e. The summed E-state index contributed by atoms with van der Waals surface area (Å²) in [6.45, 7) is 9.79. The molecule has 1 aromatic rings. The maximum atomic E-state index is 4.62. The third kappa shape index (κ3) is 3.31. The molecule has 1 N–H and O–H groups in total. The van der Waals surface area contributed by atoms with Crippen molar-refractivity contribution in [1.82, 2.24) is 15.2 Å². The predicted octanol–water partition coefficient (Wildman–Crippen LogP) is 2.89. The first-order valence-electron chi connectivity index (χ1n) is 6.88. The van der Waals surface area contributed by atoms with Crippen LogP contribution in [0.25, 0.3) is 0 Å². The summed E-state index contributed by atoms with van der Waals surface area (Å²) in [6, 6.07) is 1.78. The van der Waals surface area contributed by atoms with Crippen molar-refractivity contribution in [2.45, 2.75) is 58.7 Å². The van der Waals surface area contributed by atoms with Crippen LogP contribution in [-0.4, -0.2) is 35.6 Å². The fourth-order valence-corrected chi connectivity index (χ4v) is 3.29. The van der Waals surface area contributed by atoms with Crippen LogP contribution in [0.5, 0.6) is 0 Å². The summed E-state index contributed by atoms with van der Waals surface area (Å²) in [5, 5.41) is 4.78. The highest BCUT2D eigenvalue weighted by Gasteiger charge is 2.29. The van der Waals surface area contributed by atoms with Gasteiger partial charge in [-0.25, -0.2) is 4.98 Å². The van der Waals surface area contributed by atoms with Gasteiger partial charge in [0.15, 0.2) is 0 Å². The third-order valence-electron chi connectivity index (χ3n) is 3.89. The fourth-order valence-electron chi connectivity index (χ4n) is 2.38. The molecule has 4 heteroatoms. The molecule has 102 valence electrons. The third-order valence-corrected chi connectivity index (χ3v) is 4.79. The van der Waals surface area contributed by atoms with Gasteiger partial charge in [-0.2, -0.15) is 0 Å². The van der Waals surface area contributed by atoms with E-state index in [4.69, 9.17) is 0 Å². The molecule has 0 saturated heterocycles. The van der Waals surface area contributed by atoms with Gasteiger partial charge in [0.1, 0.15) is 0 Å². The summed E-state index contributed by atoms with van der Waals surface area (Å²) >= 11 is 1.79. The van der Waals surface area contributed by atoms with E-state index in [9.17, 15) is 0 Å². The summed E-state index contributed by atoms with van der Waals surface area (Å²) < 4.78 is 0. The molecule has 2 rings (SSSR count). The normalized spacial score (nSPS) is 19.2. The zero-order chi connectivity index (χ0) is 13.3. The molecule has 1 aliphatic carbocycles. The van der Waals surface area contributed by atoms with Crippen LogP contribution in [0.15, 0.2) is 0 Å². The molecule has 2 unspecified atom stereocenters. The van der Waals surface area contributed by atoms with Crippen LogP contribution in [-0.2, 0) is 0 Å². The van der Waals surface area contributed by atoms with Gasteiger partial charge in [-0.15, -0.1) is 11.3 Å². The molecule has 1 aromatic heterocycles. The first-order chi connectivity index (χ1) is 8.49. The zero-order valence-electron chi connectivity index (χ0n) is 12.2. The monoisotopic (exact) mass is 267 g/mol. The van der Waals surface area contributed by atoms with E-state index in [1.54, 1.807) is 11.3 Å². The molecule has 3 nitrogen and oxygen atoms in total. The maximum absolute atomic E-state index is 4.62. The van der Waals surface area contributed by atoms with Crippen molar-refractivity contribution < 1.29 is 0 Å². The van der Waals surface area contributed by atoms with Crippen LogP contribution in [0.4, 0.5) is 0 Å². The van der Waals surface area contributed by atoms with Crippen molar-refractivity contribution in [3.05, 3.63) is 15.6 Å². The van der Waals surface area contributed by atoms with E-state index in [1.807, 2.05) is 0 Å². The highest BCUT2D eigenvalue weighted by Crippen LogP contribution is 2.27. The van der Waals surface area contributed by atoms with Crippen molar-refractivity contribution in [3.63, 3.8) is 0 Å². The Hall–Kier alpha value is -0.450. The standard InChI is InChI=1S/C14H25N3S/c1-9(17(5)13-6-7-13)8-15-10(2)14-11(3)18-12(4)16-14/h9-10,13,15H,6-8H2,1-5H3. The van der Waals surface area contributed by atoms with Crippen LogP contribution in [0, 0.1) is 13.8 Å². The minimum atomic E-state index is 0.352. The Bertz CT molecular complexity index is 398. The molecular weight excluding hydrogens is 242 g/mol. The van der Waals surface area contributed by atoms with E-state index in [0.29, 0.717) is 12.1 Å². The van der Waals surface area contributed by atoms with Crippen molar-refractivity contribution in [3.8, 4) is 0 Å². The average Bonchev–Trinajstić information content (AvgIpc) is 3.10. The number of hydrogen-bond donors (Lipinski definition) is 1. The zero-order valence-corrected chi connectivity index (χ0v) is 13.0. The van der Waals surface area contributed by atoms with Crippen molar-refractivity contribution in [2.75, 3.05) is 13.6 Å². The number of rotatable bonds is 6. The Morgan fingerprint density at radius 3 is 2.56 bits per heavy atom. The quantitative estimate of drug-likeness (QED) is 0.859. The molecule has 1 aliphatic rings. The van der Waals surface area contributed by atoms with E-state index < -0.39 is 0 Å². The van der Waals surface area contributed by atoms with Gasteiger partial charge in [-0.05, 0) is 47.6 Å². The van der Waals surface area contributed by atoms with Gasteiger partial charge >= 0.3 is 0 Å². The second kappa shape index (κ2) is 5.68. The minimum absolute atomic E-state index is 0.352. The molecule has 1 fully saturated rings. The van der Waals surface area contributed by atoms with Crippen molar-refractivity contribution in [1.29, 1.82) is 0 Å². The van der Waals surface area contributed by atoms with Gasteiger partial charge in [0.25, 0.3) is 0 Å². The lowest BCUT2D eigenvalue weighted by atomic mass is 10.2. The Morgan fingerprint density at radius 1 is 1.39 bits per heavy atom. The van der Waals surface area contributed by atoms with Crippen LogP contribution in [0.2, 0.25) is 0 Å². The topological polar surface area (TPSA) is 28.2 Å². The summed E-state index contributed by atoms with van der Waals surface area (Å²) in [5.74, 6) is 0. The first kappa shape index (κ1) is 14.0. The summed E-state index contributed by atoms with van der Waals surface area (Å²) in [5.41, 5.74) is 1.22. The molecule has 0 radical (unpaired) electrons. The number of aromatic nitrogens is 1. The lowest BCUT2D eigenvalue weighted by Crippen LogP contribution is -2.40. The number of nitrogens with one attached hydrogen (secondary N) is 1. The second-order valence-corrected chi connectivity index (χ2v) is 6.96. The fraction of sp³-hybridized carbons (Fsp3) is 0.786. The summed E-state index contributed by atoms with van der Waals surface area (Å²) in [4.78, 5) is 8.46. The van der Waals surface area contributed by atoms with Gasteiger partial charge in [0, 0.05) is 29.5 Å². The Kier molecular flexibility index (Phi) is 4.41. The van der Waals surface area contributed by atoms with Crippen molar-refractivity contribution >= 4 is 11.3 Å². The number of likely N-dealkylation sites (N-methyl/N-ethyl adjacent to an activating group) is 1. The first-order valence-corrected chi connectivity index (χ1v) is 7.70. The van der Waals surface area contributed by atoms with Gasteiger partial charge in [-0.1, -0.05) is 0 Å². The Morgan fingerprint density at radius 2 is 2.06 bits per heavy atom.